The van der Waals surface area contributed by atoms with Crippen molar-refractivity contribution in [1.82, 2.24) is 14.1 Å². The first kappa shape index (κ1) is 20.8. The molecule has 4 aromatic rings. The average Bonchev–Trinajstić information content (AvgIpc) is 3.36. The van der Waals surface area contributed by atoms with E-state index in [-0.39, 0.29) is 24.3 Å². The van der Waals surface area contributed by atoms with Crippen molar-refractivity contribution in [3.8, 4) is 0 Å². The highest BCUT2D eigenvalue weighted by atomic mass is 32.1. The summed E-state index contributed by atoms with van der Waals surface area (Å²) in [6.45, 7) is 0.182. The highest BCUT2D eigenvalue weighted by molar-refractivity contribution is 7.22. The molecule has 10 heteroatoms. The third kappa shape index (κ3) is 3.74. The van der Waals surface area contributed by atoms with E-state index in [9.17, 15) is 19.2 Å². The van der Waals surface area contributed by atoms with Gasteiger partial charge in [0.25, 0.3) is 5.56 Å². The van der Waals surface area contributed by atoms with Crippen LogP contribution in [0.25, 0.3) is 10.2 Å². The molecule has 0 radical (unpaired) electrons. The molecule has 9 nitrogen and oxygen atoms in total. The summed E-state index contributed by atoms with van der Waals surface area (Å²) in [6, 6.07) is 16.7. The van der Waals surface area contributed by atoms with Gasteiger partial charge in [-0.15, -0.1) is 0 Å². The maximum Gasteiger partial charge on any atom is 0.332 e. The Kier molecular flexibility index (Phi) is 5.14. The fraction of sp³-hybridized carbons (Fsp3) is 0.174. The molecular formula is C23H19N5O4S. The van der Waals surface area contributed by atoms with Gasteiger partial charge in [0.2, 0.25) is 11.8 Å². The number of carbonyl (C=O) groups is 2. The van der Waals surface area contributed by atoms with Crippen molar-refractivity contribution in [2.75, 3.05) is 10.6 Å². The smallest absolute Gasteiger partial charge is 0.311 e. The number of nitrogens with one attached hydrogen (secondary N) is 2. The van der Waals surface area contributed by atoms with E-state index in [0.717, 1.165) is 20.3 Å². The lowest BCUT2D eigenvalue weighted by Gasteiger charge is -2.14. The molecule has 5 rings (SSSR count). The Morgan fingerprint density at radius 2 is 1.82 bits per heavy atom. The number of hydrogen-bond donors (Lipinski definition) is 2. The number of carbonyl (C=O) groups excluding carboxylic acids is 2. The molecular weight excluding hydrogens is 442 g/mol. The third-order valence-electron chi connectivity index (χ3n) is 5.60. The minimum absolute atomic E-state index is 0.123. The molecule has 2 aromatic carbocycles. The first-order valence-electron chi connectivity index (χ1n) is 10.3. The molecule has 0 aliphatic carbocycles. The van der Waals surface area contributed by atoms with Crippen molar-refractivity contribution in [2.45, 2.75) is 18.9 Å². The second-order valence-corrected chi connectivity index (χ2v) is 8.79. The van der Waals surface area contributed by atoms with Crippen LogP contribution in [-0.4, -0.2) is 25.9 Å². The average molecular weight is 462 g/mol. The highest BCUT2D eigenvalue weighted by Crippen LogP contribution is 2.32. The van der Waals surface area contributed by atoms with Gasteiger partial charge in [-0.3, -0.25) is 23.5 Å². The Bertz CT molecular complexity index is 1490. The Labute approximate surface area is 191 Å². The van der Waals surface area contributed by atoms with Crippen LogP contribution >= 0.6 is 11.3 Å². The molecule has 1 aliphatic rings. The lowest BCUT2D eigenvalue weighted by molar-refractivity contribution is -0.122. The molecule has 1 atom stereocenters. The van der Waals surface area contributed by atoms with Gasteiger partial charge in [-0.2, -0.15) is 0 Å². The number of hydrogen-bond acceptors (Lipinski definition) is 6. The summed E-state index contributed by atoms with van der Waals surface area (Å²) in [7, 11) is 1.37. The SMILES string of the molecule is Cn1c(=O)c2c(n(Cc3ccccc3)c1=O)NC(=O)[C@@H]2CC(=O)Nc1nc2ccccc2s1. The normalized spacial score (nSPS) is 14.8. The zero-order valence-corrected chi connectivity index (χ0v) is 18.4. The zero-order valence-electron chi connectivity index (χ0n) is 17.6. The molecule has 2 amide bonds. The van der Waals surface area contributed by atoms with Crippen molar-refractivity contribution in [3.05, 3.63) is 86.6 Å². The molecule has 0 saturated carbocycles. The monoisotopic (exact) mass is 461 g/mol. The molecule has 0 spiro atoms. The number of aromatic nitrogens is 3. The van der Waals surface area contributed by atoms with Gasteiger partial charge in [0, 0.05) is 13.5 Å². The second-order valence-electron chi connectivity index (χ2n) is 7.76. The maximum atomic E-state index is 12.9. The first-order valence-corrected chi connectivity index (χ1v) is 11.1. The zero-order chi connectivity index (χ0) is 23.1. The van der Waals surface area contributed by atoms with Gasteiger partial charge in [0.15, 0.2) is 5.13 Å². The van der Waals surface area contributed by atoms with E-state index in [1.807, 2.05) is 54.6 Å². The van der Waals surface area contributed by atoms with Crippen molar-refractivity contribution >= 4 is 44.3 Å². The number of fused-ring (bicyclic) bond motifs is 2. The number of rotatable bonds is 5. The van der Waals surface area contributed by atoms with Gasteiger partial charge in [-0.1, -0.05) is 53.8 Å². The molecule has 33 heavy (non-hydrogen) atoms. The second kappa shape index (κ2) is 8.14. The van der Waals surface area contributed by atoms with E-state index in [2.05, 4.69) is 15.6 Å². The third-order valence-corrected chi connectivity index (χ3v) is 6.55. The number of para-hydroxylation sites is 1. The number of amides is 2. The van der Waals surface area contributed by atoms with Crippen LogP contribution in [0, 0.1) is 0 Å². The van der Waals surface area contributed by atoms with Crippen LogP contribution < -0.4 is 21.9 Å². The number of nitrogens with zero attached hydrogens (tertiary/aromatic N) is 3. The van der Waals surface area contributed by atoms with Crippen LogP contribution in [0.2, 0.25) is 0 Å². The van der Waals surface area contributed by atoms with E-state index in [0.29, 0.717) is 5.13 Å². The summed E-state index contributed by atoms with van der Waals surface area (Å²) in [5.41, 5.74) is 0.600. The fourth-order valence-corrected chi connectivity index (χ4v) is 4.85. The van der Waals surface area contributed by atoms with Gasteiger partial charge >= 0.3 is 5.69 Å². The van der Waals surface area contributed by atoms with Crippen LogP contribution in [0.1, 0.15) is 23.5 Å². The Balaban J connectivity index is 1.46. The minimum Gasteiger partial charge on any atom is -0.311 e. The van der Waals surface area contributed by atoms with Gasteiger partial charge < -0.3 is 10.6 Å². The number of thiazole rings is 1. The van der Waals surface area contributed by atoms with Crippen molar-refractivity contribution < 1.29 is 9.59 Å². The topological polar surface area (TPSA) is 115 Å². The van der Waals surface area contributed by atoms with Crippen LogP contribution in [0.15, 0.2) is 64.2 Å². The van der Waals surface area contributed by atoms with E-state index >= 15 is 0 Å². The largest absolute Gasteiger partial charge is 0.332 e. The quantitative estimate of drug-likeness (QED) is 0.473. The Morgan fingerprint density at radius 3 is 2.58 bits per heavy atom. The van der Waals surface area contributed by atoms with Gasteiger partial charge in [-0.25, -0.2) is 9.78 Å². The minimum atomic E-state index is -1.00. The molecule has 3 heterocycles. The fourth-order valence-electron chi connectivity index (χ4n) is 3.96. The summed E-state index contributed by atoms with van der Waals surface area (Å²) in [6.07, 6.45) is -0.243. The number of anilines is 2. The summed E-state index contributed by atoms with van der Waals surface area (Å²) >= 11 is 1.33. The predicted octanol–water partition coefficient (Wildman–Crippen LogP) is 2.27. The van der Waals surface area contributed by atoms with Crippen molar-refractivity contribution in [2.24, 2.45) is 7.05 Å². The molecule has 0 bridgehead atoms. The molecule has 2 N–H and O–H groups in total. The predicted molar refractivity (Wildman–Crippen MR) is 126 cm³/mol. The summed E-state index contributed by atoms with van der Waals surface area (Å²) in [5.74, 6) is -1.79. The van der Waals surface area contributed by atoms with E-state index in [4.69, 9.17) is 0 Å². The molecule has 0 saturated heterocycles. The van der Waals surface area contributed by atoms with Crippen LogP contribution in [0.5, 0.6) is 0 Å². The van der Waals surface area contributed by atoms with Gasteiger partial charge in [-0.05, 0) is 17.7 Å². The van der Waals surface area contributed by atoms with Gasteiger partial charge in [0.1, 0.15) is 5.82 Å². The summed E-state index contributed by atoms with van der Waals surface area (Å²) < 4.78 is 3.26. The standard InChI is InChI=1S/C23H19N5O4S/c1-27-21(31)18-14(11-17(29)25-22-24-15-9-5-6-10-16(15)33-22)20(30)26-19(18)28(23(27)32)12-13-7-3-2-4-8-13/h2-10,14H,11-12H2,1H3,(H,26,30)(H,24,25,29)/t14-/m1/s1. The molecule has 0 fully saturated rings. The lowest BCUT2D eigenvalue weighted by atomic mass is 9.99. The van der Waals surface area contributed by atoms with Crippen LogP contribution in [0.3, 0.4) is 0 Å². The van der Waals surface area contributed by atoms with Crippen molar-refractivity contribution in [1.29, 1.82) is 0 Å². The van der Waals surface area contributed by atoms with Crippen LogP contribution in [0.4, 0.5) is 10.9 Å². The lowest BCUT2D eigenvalue weighted by Crippen LogP contribution is -2.40. The van der Waals surface area contributed by atoms with Gasteiger partial charge in [0.05, 0.1) is 28.2 Å². The molecule has 0 unspecified atom stereocenters. The summed E-state index contributed by atoms with van der Waals surface area (Å²) in [5, 5.41) is 5.79. The van der Waals surface area contributed by atoms with E-state index in [1.165, 1.54) is 23.0 Å². The maximum absolute atomic E-state index is 12.9. The Hall–Kier alpha value is -4.05. The first-order chi connectivity index (χ1) is 15.9. The van der Waals surface area contributed by atoms with E-state index < -0.39 is 29.0 Å². The van der Waals surface area contributed by atoms with E-state index in [1.54, 1.807) is 0 Å². The summed E-state index contributed by atoms with van der Waals surface area (Å²) in [4.78, 5) is 55.6. The molecule has 166 valence electrons. The molecule has 2 aromatic heterocycles. The number of benzene rings is 2. The van der Waals surface area contributed by atoms with Crippen molar-refractivity contribution in [3.63, 3.8) is 0 Å². The molecule has 1 aliphatic heterocycles. The van der Waals surface area contributed by atoms with Crippen LogP contribution in [-0.2, 0) is 23.2 Å². The highest BCUT2D eigenvalue weighted by Gasteiger charge is 2.38. The Morgan fingerprint density at radius 1 is 1.09 bits per heavy atom.